The summed E-state index contributed by atoms with van der Waals surface area (Å²) in [7, 11) is -2.90. The molecule has 0 N–H and O–H groups in total. The first kappa shape index (κ1) is 21.1. The van der Waals surface area contributed by atoms with Crippen LogP contribution in [0.15, 0.2) is 11.1 Å². The first-order valence-electron chi connectivity index (χ1n) is 11.1. The number of rotatable bonds is 4. The zero-order chi connectivity index (χ0) is 21.6. The summed E-state index contributed by atoms with van der Waals surface area (Å²) >= 11 is 1.64. The molecule has 0 bridgehead atoms. The van der Waals surface area contributed by atoms with Gasteiger partial charge in [0.1, 0.15) is 4.83 Å². The van der Waals surface area contributed by atoms with E-state index in [1.54, 1.807) is 22.2 Å². The van der Waals surface area contributed by atoms with E-state index in [4.69, 9.17) is 0 Å². The van der Waals surface area contributed by atoms with E-state index in [1.165, 1.54) is 16.9 Å². The molecule has 2 aromatic heterocycles. The van der Waals surface area contributed by atoms with Gasteiger partial charge in [-0.1, -0.05) is 0 Å². The second-order valence-electron chi connectivity index (χ2n) is 8.86. The van der Waals surface area contributed by atoms with Gasteiger partial charge in [-0.3, -0.25) is 19.1 Å². The van der Waals surface area contributed by atoms with Gasteiger partial charge in [-0.05, 0) is 37.7 Å². The van der Waals surface area contributed by atoms with Crippen molar-refractivity contribution in [1.82, 2.24) is 19.4 Å². The lowest BCUT2D eigenvalue weighted by atomic mass is 9.97. The summed E-state index contributed by atoms with van der Waals surface area (Å²) in [4.78, 5) is 36.4. The molecular weight excluding hydrogens is 436 g/mol. The molecule has 0 radical (unpaired) electrons. The van der Waals surface area contributed by atoms with Gasteiger partial charge in [0.25, 0.3) is 5.56 Å². The molecule has 3 aliphatic rings. The van der Waals surface area contributed by atoms with Crippen molar-refractivity contribution >= 4 is 37.3 Å². The van der Waals surface area contributed by atoms with Gasteiger partial charge in [-0.2, -0.15) is 0 Å². The van der Waals surface area contributed by atoms with Gasteiger partial charge in [0.2, 0.25) is 5.91 Å². The number of fused-ring (bicyclic) bond motifs is 3. The van der Waals surface area contributed by atoms with Crippen molar-refractivity contribution in [2.45, 2.75) is 51.1 Å². The van der Waals surface area contributed by atoms with E-state index in [2.05, 4.69) is 9.88 Å². The number of carbonyl (C=O) groups excluding carboxylic acids is 1. The first-order valence-corrected chi connectivity index (χ1v) is 13.8. The van der Waals surface area contributed by atoms with Crippen molar-refractivity contribution in [2.24, 2.45) is 0 Å². The molecule has 4 heterocycles. The molecular formula is C21H28N4O4S2. The molecule has 0 saturated carbocycles. The Balaban J connectivity index is 1.20. The maximum absolute atomic E-state index is 13.0. The Morgan fingerprint density at radius 1 is 1.16 bits per heavy atom. The normalized spacial score (nSPS) is 23.9. The lowest BCUT2D eigenvalue weighted by molar-refractivity contribution is -0.133. The summed E-state index contributed by atoms with van der Waals surface area (Å²) in [5.74, 6) is 0.557. The number of aromatic nitrogens is 2. The molecule has 1 aliphatic carbocycles. The van der Waals surface area contributed by atoms with E-state index in [-0.39, 0.29) is 35.4 Å². The van der Waals surface area contributed by atoms with Crippen LogP contribution in [0.25, 0.3) is 10.2 Å². The standard InChI is InChI=1S/C21H28N4O4S2/c26-18(24-10-8-23(9-11-24)15-6-12-31(28,29)13-15)5-7-25-14-22-20-19(21(25)27)16-3-1-2-4-17(16)30-20/h14-15H,1-13H2. The van der Waals surface area contributed by atoms with Crippen molar-refractivity contribution in [2.75, 3.05) is 37.7 Å². The minimum Gasteiger partial charge on any atom is -0.340 e. The fourth-order valence-corrected chi connectivity index (χ4v) is 8.10. The Labute approximate surface area is 185 Å². The predicted octanol–water partition coefficient (Wildman–Crippen LogP) is 1.06. The van der Waals surface area contributed by atoms with Crippen LogP contribution >= 0.6 is 11.3 Å². The molecule has 8 nitrogen and oxygen atoms in total. The summed E-state index contributed by atoms with van der Waals surface area (Å²) < 4.78 is 25.0. The summed E-state index contributed by atoms with van der Waals surface area (Å²) in [6.45, 7) is 2.98. The van der Waals surface area contributed by atoms with Gasteiger partial charge in [0, 0.05) is 50.1 Å². The van der Waals surface area contributed by atoms with Crippen LogP contribution in [-0.4, -0.2) is 77.4 Å². The van der Waals surface area contributed by atoms with E-state index in [0.29, 0.717) is 39.1 Å². The number of sulfone groups is 1. The second kappa shape index (κ2) is 8.29. The van der Waals surface area contributed by atoms with Crippen molar-refractivity contribution in [3.63, 3.8) is 0 Å². The zero-order valence-corrected chi connectivity index (χ0v) is 19.2. The quantitative estimate of drug-likeness (QED) is 0.672. The molecule has 2 aliphatic heterocycles. The fraction of sp³-hybridized carbons (Fsp3) is 0.667. The highest BCUT2D eigenvalue weighted by Gasteiger charge is 2.34. The minimum atomic E-state index is -2.90. The molecule has 0 spiro atoms. The number of amides is 1. The molecule has 2 saturated heterocycles. The predicted molar refractivity (Wildman–Crippen MR) is 120 cm³/mol. The van der Waals surface area contributed by atoms with Crippen molar-refractivity contribution in [3.05, 3.63) is 27.1 Å². The molecule has 2 fully saturated rings. The summed E-state index contributed by atoms with van der Waals surface area (Å²) in [6.07, 6.45) is 6.82. The zero-order valence-electron chi connectivity index (χ0n) is 17.6. The number of aryl methyl sites for hydroxylation is 3. The molecule has 1 unspecified atom stereocenters. The van der Waals surface area contributed by atoms with Crippen LogP contribution in [-0.2, 0) is 34.0 Å². The monoisotopic (exact) mass is 464 g/mol. The number of hydrogen-bond acceptors (Lipinski definition) is 7. The molecule has 1 amide bonds. The van der Waals surface area contributed by atoms with Crippen molar-refractivity contribution in [3.8, 4) is 0 Å². The molecule has 0 aromatic carbocycles. The third-order valence-corrected chi connectivity index (χ3v) is 9.85. The van der Waals surface area contributed by atoms with Gasteiger partial charge in [-0.25, -0.2) is 13.4 Å². The van der Waals surface area contributed by atoms with E-state index < -0.39 is 9.84 Å². The lowest BCUT2D eigenvalue weighted by Gasteiger charge is -2.37. The molecule has 31 heavy (non-hydrogen) atoms. The highest BCUT2D eigenvalue weighted by Crippen LogP contribution is 2.33. The van der Waals surface area contributed by atoms with Gasteiger partial charge in [0.05, 0.1) is 23.2 Å². The largest absolute Gasteiger partial charge is 0.340 e. The Bertz CT molecular complexity index is 1160. The smallest absolute Gasteiger partial charge is 0.262 e. The van der Waals surface area contributed by atoms with Gasteiger partial charge >= 0.3 is 0 Å². The maximum atomic E-state index is 13.0. The van der Waals surface area contributed by atoms with E-state index in [1.807, 2.05) is 4.90 Å². The Kier molecular flexibility index (Phi) is 5.64. The van der Waals surface area contributed by atoms with E-state index in [0.717, 1.165) is 29.5 Å². The average Bonchev–Trinajstić information content (AvgIpc) is 3.33. The van der Waals surface area contributed by atoms with E-state index in [9.17, 15) is 18.0 Å². The van der Waals surface area contributed by atoms with E-state index >= 15 is 0 Å². The van der Waals surface area contributed by atoms with Gasteiger partial charge < -0.3 is 4.90 Å². The van der Waals surface area contributed by atoms with Crippen molar-refractivity contribution in [1.29, 1.82) is 0 Å². The van der Waals surface area contributed by atoms with Gasteiger partial charge in [-0.15, -0.1) is 11.3 Å². The number of thiophene rings is 1. The van der Waals surface area contributed by atoms with Crippen LogP contribution in [0.2, 0.25) is 0 Å². The SMILES string of the molecule is O=C(CCn1cnc2sc3c(c2c1=O)CCCC3)N1CCN(C2CCS(=O)(=O)C2)CC1. The first-order chi connectivity index (χ1) is 14.9. The molecule has 2 aromatic rings. The minimum absolute atomic E-state index is 0.0236. The third-order valence-electron chi connectivity index (χ3n) is 6.90. The lowest BCUT2D eigenvalue weighted by Crippen LogP contribution is -2.52. The topological polar surface area (TPSA) is 92.6 Å². The summed E-state index contributed by atoms with van der Waals surface area (Å²) in [5.41, 5.74) is 1.15. The average molecular weight is 465 g/mol. The Hall–Kier alpha value is -1.78. The molecule has 168 valence electrons. The van der Waals surface area contributed by atoms with Gasteiger partial charge in [0.15, 0.2) is 9.84 Å². The molecule has 1 atom stereocenters. The molecule has 5 rings (SSSR count). The Morgan fingerprint density at radius 3 is 2.68 bits per heavy atom. The Morgan fingerprint density at radius 2 is 1.94 bits per heavy atom. The highest BCUT2D eigenvalue weighted by molar-refractivity contribution is 7.91. The number of nitrogens with zero attached hydrogens (tertiary/aromatic N) is 4. The van der Waals surface area contributed by atoms with Crippen LogP contribution in [0.5, 0.6) is 0 Å². The summed E-state index contributed by atoms with van der Waals surface area (Å²) in [6, 6.07) is 0.0928. The number of hydrogen-bond donors (Lipinski definition) is 0. The maximum Gasteiger partial charge on any atom is 0.262 e. The fourth-order valence-electron chi connectivity index (χ4n) is 5.11. The third kappa shape index (κ3) is 4.17. The van der Waals surface area contributed by atoms with Crippen LogP contribution in [0.3, 0.4) is 0 Å². The highest BCUT2D eigenvalue weighted by atomic mass is 32.2. The van der Waals surface area contributed by atoms with Crippen LogP contribution in [0.4, 0.5) is 0 Å². The second-order valence-corrected chi connectivity index (χ2v) is 12.2. The number of carbonyl (C=O) groups is 1. The summed E-state index contributed by atoms with van der Waals surface area (Å²) in [5, 5.41) is 0.759. The molecule has 10 heteroatoms. The van der Waals surface area contributed by atoms with Crippen LogP contribution in [0.1, 0.15) is 36.1 Å². The van der Waals surface area contributed by atoms with Crippen LogP contribution < -0.4 is 5.56 Å². The van der Waals surface area contributed by atoms with Crippen molar-refractivity contribution < 1.29 is 13.2 Å². The van der Waals surface area contributed by atoms with Crippen LogP contribution in [0, 0.1) is 0 Å². The number of piperazine rings is 1.